The van der Waals surface area contributed by atoms with Crippen LogP contribution in [-0.4, -0.2) is 123 Å². The first-order valence-electron chi connectivity index (χ1n) is 22.6. The minimum Gasteiger partial charge on any atom is -0.464 e. The first-order valence-corrected chi connectivity index (χ1v) is 23.5. The van der Waals surface area contributed by atoms with E-state index in [0.29, 0.717) is 63.5 Å². The summed E-state index contributed by atoms with van der Waals surface area (Å²) in [5.74, 6) is -1.36. The number of carbonyl (C=O) groups excluding carboxylic acids is 4. The number of aryl methyl sites for hydroxylation is 1. The van der Waals surface area contributed by atoms with Crippen LogP contribution in [-0.2, 0) is 43.2 Å². The Morgan fingerprint density at radius 3 is 2.60 bits per heavy atom. The third-order valence-corrected chi connectivity index (χ3v) is 13.9. The average Bonchev–Trinajstić information content (AvgIpc) is 3.85. The molecule has 4 aromatic rings. The monoisotopic (exact) mass is 881 g/mol. The highest BCUT2D eigenvalue weighted by Crippen LogP contribution is 2.42. The number of fused-ring (bicyclic) bond motifs is 6. The number of hydrazine groups is 1. The third-order valence-electron chi connectivity index (χ3n) is 13.0. The van der Waals surface area contributed by atoms with Crippen molar-refractivity contribution >= 4 is 46.1 Å². The number of carbonyl (C=O) groups is 4. The first-order chi connectivity index (χ1) is 30.1. The maximum absolute atomic E-state index is 14.6. The lowest BCUT2D eigenvalue weighted by atomic mass is 9.84. The van der Waals surface area contributed by atoms with E-state index in [-0.39, 0.29) is 30.9 Å². The van der Waals surface area contributed by atoms with Crippen LogP contribution in [0.25, 0.3) is 33.4 Å². The van der Waals surface area contributed by atoms with E-state index < -0.39 is 47.0 Å². The number of hydrogen-bond acceptors (Lipinski definition) is 11. The van der Waals surface area contributed by atoms with Crippen molar-refractivity contribution in [3.05, 3.63) is 58.2 Å². The van der Waals surface area contributed by atoms with Crippen LogP contribution < -0.4 is 16.1 Å². The standard InChI is InChI=1S/C47H63N9O6S/c1-9-54-37-16-15-30-21-32(37)33(41(54)31-13-10-17-49-39(31)28(2)3)23-46(6,7)27-61-44(59)34-14-11-19-56(52-34)43(58)35(22-38-50-36(30)24-63-38)51-42(57)40(29(4)5)53(8)45(60)55-18-12-20-62-47(55)25-48-26-47/h10,13,15-17,21,24,28-29,34-35,40,48,52H,9,11-12,14,18-20,22-23,25-27H2,1-8H3,(H,51,57)/t34-,35-,40-/m0/s1. The molecule has 0 saturated carbocycles. The van der Waals surface area contributed by atoms with E-state index in [4.69, 9.17) is 19.4 Å². The van der Waals surface area contributed by atoms with Crippen molar-refractivity contribution in [3.63, 3.8) is 0 Å². The molecule has 0 unspecified atom stereocenters. The van der Waals surface area contributed by atoms with Crippen molar-refractivity contribution in [3.8, 4) is 22.5 Å². The van der Waals surface area contributed by atoms with Crippen LogP contribution in [0.2, 0.25) is 0 Å². The van der Waals surface area contributed by atoms with Gasteiger partial charge in [0.25, 0.3) is 5.91 Å². The highest BCUT2D eigenvalue weighted by molar-refractivity contribution is 7.10. The van der Waals surface area contributed by atoms with Crippen LogP contribution in [0.4, 0.5) is 4.79 Å². The number of urea groups is 1. The zero-order valence-corrected chi connectivity index (χ0v) is 38.8. The second kappa shape index (κ2) is 17.9. The predicted octanol–water partition coefficient (Wildman–Crippen LogP) is 5.72. The number of cyclic esters (lactones) is 1. The fourth-order valence-corrected chi connectivity index (χ4v) is 10.6. The molecule has 3 saturated heterocycles. The van der Waals surface area contributed by atoms with Gasteiger partial charge in [-0.05, 0) is 74.3 Å². The Labute approximate surface area is 374 Å². The maximum atomic E-state index is 14.6. The van der Waals surface area contributed by atoms with Gasteiger partial charge < -0.3 is 29.6 Å². The van der Waals surface area contributed by atoms with Crippen molar-refractivity contribution in [2.24, 2.45) is 11.3 Å². The Bertz CT molecular complexity index is 2370. The van der Waals surface area contributed by atoms with Crippen LogP contribution in [0.3, 0.4) is 0 Å². The summed E-state index contributed by atoms with van der Waals surface area (Å²) in [6.45, 7) is 17.9. The summed E-state index contributed by atoms with van der Waals surface area (Å²) >= 11 is 1.43. The molecule has 4 aliphatic heterocycles. The number of amides is 4. The number of likely N-dealkylation sites (N-methyl/N-ethyl adjacent to an activating group) is 1. The number of esters is 1. The Morgan fingerprint density at radius 2 is 1.89 bits per heavy atom. The summed E-state index contributed by atoms with van der Waals surface area (Å²) in [4.78, 5) is 70.3. The van der Waals surface area contributed by atoms with Crippen LogP contribution >= 0.6 is 11.3 Å². The first kappa shape index (κ1) is 44.7. The molecule has 16 heteroatoms. The Hall–Kier alpha value is -4.90. The zero-order valence-electron chi connectivity index (χ0n) is 38.0. The number of pyridine rings is 1. The molecule has 1 aromatic carbocycles. The molecule has 15 nitrogen and oxygen atoms in total. The van der Waals surface area contributed by atoms with E-state index in [2.05, 4.69) is 79.5 Å². The van der Waals surface area contributed by atoms with Gasteiger partial charge in [0, 0.05) is 85.2 Å². The van der Waals surface area contributed by atoms with Crippen LogP contribution in [0.1, 0.15) is 89.9 Å². The van der Waals surface area contributed by atoms with Gasteiger partial charge in [-0.2, -0.15) is 0 Å². The Kier molecular flexibility index (Phi) is 12.7. The van der Waals surface area contributed by atoms with Gasteiger partial charge in [0.2, 0.25) is 5.91 Å². The van der Waals surface area contributed by atoms with Crippen molar-refractivity contribution in [2.45, 2.75) is 117 Å². The second-order valence-corrected chi connectivity index (χ2v) is 20.0. The topological polar surface area (TPSA) is 163 Å². The summed E-state index contributed by atoms with van der Waals surface area (Å²) in [6.07, 6.45) is 4.35. The highest BCUT2D eigenvalue weighted by atomic mass is 32.1. The SMILES string of the molecule is CCn1c(-c2cccnc2C(C)C)c2c3cc(ccc31)-c1csc(n1)C[C@H](NC(=O)[C@H](C(C)C)N(C)C(=O)N1CCCOC13CNC3)C(=O)N1CCC[C@H](N1)C(=O)OCC(C)(C)C2. The predicted molar refractivity (Wildman–Crippen MR) is 243 cm³/mol. The Balaban J connectivity index is 1.17. The summed E-state index contributed by atoms with van der Waals surface area (Å²) < 4.78 is 14.6. The number of benzene rings is 1. The van der Waals surface area contributed by atoms with Gasteiger partial charge in [0.15, 0.2) is 5.72 Å². The zero-order chi connectivity index (χ0) is 44.8. The number of nitrogens with one attached hydrogen (secondary N) is 3. The van der Waals surface area contributed by atoms with Crippen LogP contribution in [0, 0.1) is 11.3 Å². The lowest BCUT2D eigenvalue weighted by Gasteiger charge is -2.53. The quantitative estimate of drug-likeness (QED) is 0.196. The van der Waals surface area contributed by atoms with E-state index in [9.17, 15) is 19.2 Å². The number of rotatable bonds is 7. The van der Waals surface area contributed by atoms with Gasteiger partial charge in [-0.1, -0.05) is 47.6 Å². The van der Waals surface area contributed by atoms with Crippen LogP contribution in [0.15, 0.2) is 41.9 Å². The number of hydrogen-bond donors (Lipinski definition) is 3. The van der Waals surface area contributed by atoms with E-state index in [0.717, 1.165) is 51.2 Å². The van der Waals surface area contributed by atoms with Crippen molar-refractivity contribution in [1.82, 2.24) is 45.4 Å². The van der Waals surface area contributed by atoms with E-state index >= 15 is 0 Å². The molecular formula is C47H63N9O6S. The number of ether oxygens (including phenoxy) is 2. The molecule has 7 heterocycles. The molecule has 3 N–H and O–H groups in total. The molecule has 4 amide bonds. The van der Waals surface area contributed by atoms with E-state index in [1.165, 1.54) is 21.2 Å². The normalized spacial score (nSPS) is 21.9. The number of aromatic nitrogens is 3. The molecule has 63 heavy (non-hydrogen) atoms. The molecule has 3 atom stereocenters. The largest absolute Gasteiger partial charge is 0.464 e. The van der Waals surface area contributed by atoms with Gasteiger partial charge >= 0.3 is 12.0 Å². The van der Waals surface area contributed by atoms with Crippen molar-refractivity contribution in [2.75, 3.05) is 46.4 Å². The van der Waals surface area contributed by atoms with E-state index in [1.54, 1.807) is 11.9 Å². The maximum Gasteiger partial charge on any atom is 0.324 e. The molecular weight excluding hydrogens is 819 g/mol. The van der Waals surface area contributed by atoms with Crippen LogP contribution in [0.5, 0.6) is 0 Å². The minimum absolute atomic E-state index is 0.108. The summed E-state index contributed by atoms with van der Waals surface area (Å²) in [7, 11) is 1.64. The lowest BCUT2D eigenvalue weighted by molar-refractivity contribution is -0.193. The molecule has 6 bridgehead atoms. The fraction of sp³-hybridized carbons (Fsp3) is 0.574. The molecule has 4 aliphatic rings. The number of nitrogens with zero attached hydrogens (tertiary/aromatic N) is 6. The van der Waals surface area contributed by atoms with E-state index in [1.807, 2.05) is 31.5 Å². The molecule has 338 valence electrons. The molecule has 0 aliphatic carbocycles. The highest BCUT2D eigenvalue weighted by Gasteiger charge is 2.50. The van der Waals surface area contributed by atoms with Gasteiger partial charge in [-0.3, -0.25) is 29.3 Å². The van der Waals surface area contributed by atoms with Gasteiger partial charge in [-0.25, -0.2) is 15.2 Å². The molecule has 3 aromatic heterocycles. The third kappa shape index (κ3) is 8.71. The summed E-state index contributed by atoms with van der Waals surface area (Å²) in [5, 5.41) is 11.5. The smallest absolute Gasteiger partial charge is 0.324 e. The lowest BCUT2D eigenvalue weighted by Crippen LogP contribution is -2.75. The molecule has 1 spiro atoms. The van der Waals surface area contributed by atoms with Gasteiger partial charge in [-0.15, -0.1) is 11.3 Å². The Morgan fingerprint density at radius 1 is 1.10 bits per heavy atom. The molecule has 3 fully saturated rings. The molecule has 0 radical (unpaired) electrons. The minimum atomic E-state index is -1.05. The second-order valence-electron chi connectivity index (χ2n) is 19.0. The molecule has 8 rings (SSSR count). The van der Waals surface area contributed by atoms with Gasteiger partial charge in [0.05, 0.1) is 35.3 Å². The van der Waals surface area contributed by atoms with Crippen molar-refractivity contribution < 1.29 is 28.7 Å². The number of thiazole rings is 1. The van der Waals surface area contributed by atoms with Gasteiger partial charge in [0.1, 0.15) is 18.1 Å². The fourth-order valence-electron chi connectivity index (χ4n) is 9.75. The summed E-state index contributed by atoms with van der Waals surface area (Å²) in [5.41, 5.74) is 9.17. The summed E-state index contributed by atoms with van der Waals surface area (Å²) in [6, 6.07) is 7.63. The average molecular weight is 882 g/mol. The van der Waals surface area contributed by atoms with Crippen molar-refractivity contribution in [1.29, 1.82) is 0 Å².